The Morgan fingerprint density at radius 3 is 2.67 bits per heavy atom. The lowest BCUT2D eigenvalue weighted by Gasteiger charge is -2.09. The zero-order valence-corrected chi connectivity index (χ0v) is 18.0. The number of carbonyl (C=O) groups is 1. The molecule has 1 amide bonds. The molecule has 30 heavy (non-hydrogen) atoms. The van der Waals surface area contributed by atoms with Crippen molar-refractivity contribution in [1.29, 1.82) is 0 Å². The highest BCUT2D eigenvalue weighted by Crippen LogP contribution is 2.20. The highest BCUT2D eigenvalue weighted by atomic mass is 32.2. The lowest BCUT2D eigenvalue weighted by atomic mass is 10.1. The Morgan fingerprint density at radius 2 is 1.93 bits per heavy atom. The van der Waals surface area contributed by atoms with Gasteiger partial charge in [0, 0.05) is 5.69 Å². The molecule has 0 bridgehead atoms. The van der Waals surface area contributed by atoms with Crippen LogP contribution in [0.15, 0.2) is 58.8 Å². The molecule has 0 aliphatic heterocycles. The van der Waals surface area contributed by atoms with Crippen molar-refractivity contribution in [1.82, 2.24) is 14.9 Å². The van der Waals surface area contributed by atoms with Crippen molar-refractivity contribution in [3.63, 3.8) is 0 Å². The zero-order valence-electron chi connectivity index (χ0n) is 17.2. The molecule has 0 radical (unpaired) electrons. The predicted octanol–water partition coefficient (Wildman–Crippen LogP) is 3.57. The Bertz CT molecular complexity index is 1050. The van der Waals surface area contributed by atoms with E-state index in [1.807, 2.05) is 69.3 Å². The minimum atomic E-state index is -0.137. The van der Waals surface area contributed by atoms with Gasteiger partial charge in [-0.25, -0.2) is 10.1 Å². The maximum absolute atomic E-state index is 12.3. The molecule has 0 saturated carbocycles. The Balaban J connectivity index is 1.60. The molecule has 3 rings (SSSR count). The average Bonchev–Trinajstić information content (AvgIpc) is 3.10. The van der Waals surface area contributed by atoms with E-state index in [0.717, 1.165) is 34.5 Å². The maximum Gasteiger partial charge on any atom is 0.264 e. The number of nitrogens with zero attached hydrogens (tertiary/aromatic N) is 4. The van der Waals surface area contributed by atoms with Gasteiger partial charge < -0.3 is 11.2 Å². The molecular formula is C21H25N7OS. The average molecular weight is 424 g/mol. The number of nitrogens with one attached hydrogen (secondary N) is 2. The van der Waals surface area contributed by atoms with Crippen molar-refractivity contribution in [2.45, 2.75) is 32.3 Å². The highest BCUT2D eigenvalue weighted by Gasteiger charge is 2.13. The van der Waals surface area contributed by atoms with E-state index in [0.29, 0.717) is 11.1 Å². The first kappa shape index (κ1) is 21.4. The smallest absolute Gasteiger partial charge is 0.264 e. The van der Waals surface area contributed by atoms with Gasteiger partial charge in [-0.3, -0.25) is 4.79 Å². The molecule has 0 unspecified atom stereocenters. The molecule has 9 heteroatoms. The highest BCUT2D eigenvalue weighted by molar-refractivity contribution is 7.99. The summed E-state index contributed by atoms with van der Waals surface area (Å²) >= 11 is 1.21. The summed E-state index contributed by atoms with van der Waals surface area (Å²) in [5, 5.41) is 15.8. The molecule has 0 spiro atoms. The first-order valence-electron chi connectivity index (χ1n) is 9.56. The molecule has 0 aliphatic carbocycles. The summed E-state index contributed by atoms with van der Waals surface area (Å²) in [5.74, 6) is 6.39. The number of amides is 1. The van der Waals surface area contributed by atoms with Crippen LogP contribution in [0.3, 0.4) is 0 Å². The van der Waals surface area contributed by atoms with Crippen molar-refractivity contribution in [2.24, 2.45) is 5.10 Å². The molecule has 1 aromatic heterocycles. The minimum Gasteiger partial charge on any atom is -0.334 e. The van der Waals surface area contributed by atoms with E-state index in [9.17, 15) is 4.79 Å². The maximum atomic E-state index is 12.3. The third-order valence-corrected chi connectivity index (χ3v) is 5.34. The third kappa shape index (κ3) is 5.38. The summed E-state index contributed by atoms with van der Waals surface area (Å²) in [4.78, 5) is 12.3. The van der Waals surface area contributed by atoms with Gasteiger partial charge in [0.2, 0.25) is 11.1 Å². The van der Waals surface area contributed by atoms with Gasteiger partial charge in [-0.15, -0.1) is 10.2 Å². The van der Waals surface area contributed by atoms with Crippen molar-refractivity contribution in [3.8, 4) is 0 Å². The number of hydrogen-bond donors (Lipinski definition) is 3. The minimum absolute atomic E-state index is 0.137. The molecule has 4 N–H and O–H groups in total. The zero-order chi connectivity index (χ0) is 21.5. The number of nitrogen functional groups attached to an aromatic ring is 1. The van der Waals surface area contributed by atoms with Crippen LogP contribution in [0.1, 0.15) is 30.0 Å². The summed E-state index contributed by atoms with van der Waals surface area (Å²) in [6, 6.07) is 15.8. The van der Waals surface area contributed by atoms with Crippen molar-refractivity contribution in [3.05, 3.63) is 65.2 Å². The normalized spacial score (nSPS) is 11.4. The van der Waals surface area contributed by atoms with Gasteiger partial charge in [-0.2, -0.15) is 5.10 Å². The first-order chi connectivity index (χ1) is 14.5. The Kier molecular flexibility index (Phi) is 7.08. The standard InChI is InChI=1S/C21H25N7OS/c1-4-17(16-8-6-5-7-9-16)24-25-20-26-27-21(28(20)22)30-13-19(29)23-18-12-14(2)10-11-15(18)3/h5-12H,4,13,22H2,1-3H3,(H,23,29)(H,25,26)/b24-17-. The van der Waals surface area contributed by atoms with Crippen LogP contribution in [0.5, 0.6) is 0 Å². The van der Waals surface area contributed by atoms with Gasteiger partial charge in [0.15, 0.2) is 0 Å². The van der Waals surface area contributed by atoms with Crippen molar-refractivity contribution >= 4 is 35.0 Å². The van der Waals surface area contributed by atoms with E-state index in [4.69, 9.17) is 5.84 Å². The lowest BCUT2D eigenvalue weighted by molar-refractivity contribution is -0.113. The Morgan fingerprint density at radius 1 is 1.17 bits per heavy atom. The molecule has 3 aromatic rings. The number of hydrogen-bond acceptors (Lipinski definition) is 7. The molecule has 0 fully saturated rings. The van der Waals surface area contributed by atoms with Crippen molar-refractivity contribution in [2.75, 3.05) is 22.3 Å². The summed E-state index contributed by atoms with van der Waals surface area (Å²) < 4.78 is 1.29. The number of aryl methyl sites for hydroxylation is 2. The second kappa shape index (κ2) is 9.93. The van der Waals surface area contributed by atoms with Crippen LogP contribution in [0, 0.1) is 13.8 Å². The SMILES string of the molecule is CC/C(=N/Nc1nnc(SCC(=O)Nc2cc(C)ccc2C)n1N)c1ccccc1. The van der Waals surface area contributed by atoms with Crippen molar-refractivity contribution < 1.29 is 4.79 Å². The van der Waals surface area contributed by atoms with Crippen LogP contribution in [0.4, 0.5) is 11.6 Å². The number of anilines is 2. The van der Waals surface area contributed by atoms with Gasteiger partial charge in [-0.05, 0) is 43.0 Å². The Labute approximate surface area is 179 Å². The van der Waals surface area contributed by atoms with E-state index >= 15 is 0 Å². The number of hydrazone groups is 1. The fraction of sp³-hybridized carbons (Fsp3) is 0.238. The molecule has 0 atom stereocenters. The number of nitrogens with two attached hydrogens (primary N) is 1. The first-order valence-corrected chi connectivity index (χ1v) is 10.5. The molecule has 1 heterocycles. The van der Waals surface area contributed by atoms with Crippen LogP contribution >= 0.6 is 11.8 Å². The fourth-order valence-electron chi connectivity index (χ4n) is 2.73. The second-order valence-corrected chi connectivity index (χ2v) is 7.66. The molecular weight excluding hydrogens is 398 g/mol. The van der Waals surface area contributed by atoms with Gasteiger partial charge in [-0.1, -0.05) is 61.2 Å². The van der Waals surface area contributed by atoms with E-state index in [-0.39, 0.29) is 11.7 Å². The quantitative estimate of drug-likeness (QED) is 0.221. The number of rotatable bonds is 8. The largest absolute Gasteiger partial charge is 0.334 e. The molecule has 156 valence electrons. The second-order valence-electron chi connectivity index (χ2n) is 6.72. The Hall–Kier alpha value is -3.33. The lowest BCUT2D eigenvalue weighted by Crippen LogP contribution is -2.17. The van der Waals surface area contributed by atoms with Crippen LogP contribution in [-0.4, -0.2) is 32.2 Å². The van der Waals surface area contributed by atoms with Crippen LogP contribution in [0.25, 0.3) is 0 Å². The number of thioether (sulfide) groups is 1. The summed E-state index contributed by atoms with van der Waals surface area (Å²) in [5.41, 5.74) is 7.66. The van der Waals surface area contributed by atoms with Gasteiger partial charge in [0.05, 0.1) is 11.5 Å². The molecule has 0 saturated heterocycles. The fourth-order valence-corrected chi connectivity index (χ4v) is 3.39. The van der Waals surface area contributed by atoms with Crippen LogP contribution in [0.2, 0.25) is 0 Å². The van der Waals surface area contributed by atoms with E-state index in [1.165, 1.54) is 16.4 Å². The van der Waals surface area contributed by atoms with Crippen LogP contribution in [-0.2, 0) is 4.79 Å². The number of carbonyl (C=O) groups excluding carboxylic acids is 1. The summed E-state index contributed by atoms with van der Waals surface area (Å²) in [7, 11) is 0. The summed E-state index contributed by atoms with van der Waals surface area (Å²) in [6.07, 6.45) is 0.746. The number of benzene rings is 2. The third-order valence-electron chi connectivity index (χ3n) is 4.40. The van der Waals surface area contributed by atoms with Gasteiger partial charge in [0.1, 0.15) is 0 Å². The predicted molar refractivity (Wildman–Crippen MR) is 122 cm³/mol. The van der Waals surface area contributed by atoms with E-state index in [1.54, 1.807) is 0 Å². The van der Waals surface area contributed by atoms with Gasteiger partial charge in [0.25, 0.3) is 5.95 Å². The molecule has 2 aromatic carbocycles. The topological polar surface area (TPSA) is 110 Å². The summed E-state index contributed by atoms with van der Waals surface area (Å²) in [6.45, 7) is 5.97. The van der Waals surface area contributed by atoms with Crippen LogP contribution < -0.4 is 16.6 Å². The molecule has 0 aliphatic rings. The monoisotopic (exact) mass is 423 g/mol. The van der Waals surface area contributed by atoms with E-state index < -0.39 is 0 Å². The molecule has 8 nitrogen and oxygen atoms in total. The number of aromatic nitrogens is 3. The van der Waals surface area contributed by atoms with Gasteiger partial charge >= 0.3 is 0 Å². The van der Waals surface area contributed by atoms with E-state index in [2.05, 4.69) is 26.0 Å².